The average Bonchev–Trinajstić information content (AvgIpc) is 2.87. The predicted octanol–water partition coefficient (Wildman–Crippen LogP) is 3.99. The lowest BCUT2D eigenvalue weighted by Gasteiger charge is -2.33. The first kappa shape index (κ1) is 20.4. The molecule has 4 rings (SSSR count). The Morgan fingerprint density at radius 3 is 2.60 bits per heavy atom. The van der Waals surface area contributed by atoms with Gasteiger partial charge >= 0.3 is 6.09 Å². The standard InChI is InChI=1S/C23H30N4O3/c1-23(2,3)30-22(28)27-13-11-16(12-14-27)29-20-18-10-6-8-15-7-4-5-9-17(15)19(18)25-21(24)26-20/h4-5,7,9,16H,6,8,10-14H2,1-3H3,(H2,24,25,26). The Bertz CT molecular complexity index is 931. The maximum absolute atomic E-state index is 12.3. The first-order valence-corrected chi connectivity index (χ1v) is 10.7. The van der Waals surface area contributed by atoms with E-state index in [1.165, 1.54) is 5.56 Å². The largest absolute Gasteiger partial charge is 0.474 e. The van der Waals surface area contributed by atoms with E-state index in [0.717, 1.165) is 48.9 Å². The number of fused-ring (bicyclic) bond motifs is 3. The number of benzene rings is 1. The molecule has 160 valence electrons. The summed E-state index contributed by atoms with van der Waals surface area (Å²) in [4.78, 5) is 23.0. The fourth-order valence-electron chi connectivity index (χ4n) is 4.09. The Morgan fingerprint density at radius 1 is 1.13 bits per heavy atom. The number of nitrogens with two attached hydrogens (primary N) is 1. The van der Waals surface area contributed by atoms with Crippen molar-refractivity contribution >= 4 is 12.0 Å². The third kappa shape index (κ3) is 4.50. The van der Waals surface area contributed by atoms with Crippen LogP contribution < -0.4 is 10.5 Å². The van der Waals surface area contributed by atoms with Crippen LogP contribution in [0.3, 0.4) is 0 Å². The minimum Gasteiger partial charge on any atom is -0.474 e. The van der Waals surface area contributed by atoms with E-state index in [0.29, 0.717) is 19.0 Å². The predicted molar refractivity (Wildman–Crippen MR) is 115 cm³/mol. The zero-order valence-corrected chi connectivity index (χ0v) is 18.0. The molecular weight excluding hydrogens is 380 g/mol. The van der Waals surface area contributed by atoms with E-state index in [1.807, 2.05) is 26.8 Å². The summed E-state index contributed by atoms with van der Waals surface area (Å²) in [6, 6.07) is 8.33. The second-order valence-corrected chi connectivity index (χ2v) is 9.01. The molecule has 2 heterocycles. The number of aromatic nitrogens is 2. The van der Waals surface area contributed by atoms with Gasteiger partial charge in [-0.25, -0.2) is 9.78 Å². The minimum atomic E-state index is -0.489. The summed E-state index contributed by atoms with van der Waals surface area (Å²) in [7, 11) is 0. The van der Waals surface area contributed by atoms with Gasteiger partial charge in [-0.3, -0.25) is 0 Å². The Balaban J connectivity index is 1.50. The molecule has 7 heteroatoms. The number of carbonyl (C=O) groups is 1. The highest BCUT2D eigenvalue weighted by Gasteiger charge is 2.29. The average molecular weight is 411 g/mol. The van der Waals surface area contributed by atoms with Crippen LogP contribution in [-0.4, -0.2) is 45.8 Å². The summed E-state index contributed by atoms with van der Waals surface area (Å²) in [5.41, 5.74) is 9.87. The van der Waals surface area contributed by atoms with Crippen molar-refractivity contribution in [1.29, 1.82) is 0 Å². The quantitative estimate of drug-likeness (QED) is 0.805. The zero-order chi connectivity index (χ0) is 21.3. The molecule has 0 spiro atoms. The summed E-state index contributed by atoms with van der Waals surface area (Å²) in [5, 5.41) is 0. The summed E-state index contributed by atoms with van der Waals surface area (Å²) in [5.74, 6) is 0.816. The first-order chi connectivity index (χ1) is 14.3. The van der Waals surface area contributed by atoms with Gasteiger partial charge in [0.1, 0.15) is 11.7 Å². The molecule has 1 fully saturated rings. The van der Waals surface area contributed by atoms with Crippen molar-refractivity contribution in [1.82, 2.24) is 14.9 Å². The highest BCUT2D eigenvalue weighted by Crippen LogP contribution is 2.36. The van der Waals surface area contributed by atoms with Gasteiger partial charge in [-0.1, -0.05) is 24.3 Å². The van der Waals surface area contributed by atoms with Gasteiger partial charge in [-0.2, -0.15) is 4.98 Å². The lowest BCUT2D eigenvalue weighted by molar-refractivity contribution is 0.0122. The molecule has 2 aromatic rings. The molecule has 0 unspecified atom stereocenters. The molecule has 2 N–H and O–H groups in total. The number of rotatable bonds is 2. The molecule has 30 heavy (non-hydrogen) atoms. The van der Waals surface area contributed by atoms with Gasteiger partial charge in [0.2, 0.25) is 11.8 Å². The van der Waals surface area contributed by atoms with Gasteiger partial charge in [-0.15, -0.1) is 0 Å². The van der Waals surface area contributed by atoms with E-state index >= 15 is 0 Å². The van der Waals surface area contributed by atoms with Crippen LogP contribution in [0.5, 0.6) is 5.88 Å². The molecule has 1 saturated heterocycles. The SMILES string of the molecule is CC(C)(C)OC(=O)N1CCC(Oc2nc(N)nc3c2CCCc2ccccc2-3)CC1. The first-order valence-electron chi connectivity index (χ1n) is 10.7. The highest BCUT2D eigenvalue weighted by molar-refractivity contribution is 5.70. The van der Waals surface area contributed by atoms with Crippen molar-refractivity contribution in [2.45, 2.75) is 64.6 Å². The smallest absolute Gasteiger partial charge is 0.410 e. The normalized spacial score (nSPS) is 17.0. The van der Waals surface area contributed by atoms with Crippen LogP contribution in [0.1, 0.15) is 51.2 Å². The fraction of sp³-hybridized carbons (Fsp3) is 0.522. The highest BCUT2D eigenvalue weighted by atomic mass is 16.6. The number of hydrogen-bond acceptors (Lipinski definition) is 6. The van der Waals surface area contributed by atoms with Crippen LogP contribution in [0.15, 0.2) is 24.3 Å². The van der Waals surface area contributed by atoms with Crippen molar-refractivity contribution in [3.63, 3.8) is 0 Å². The Kier molecular flexibility index (Phi) is 5.54. The molecule has 0 atom stereocenters. The number of likely N-dealkylation sites (tertiary alicyclic amines) is 1. The third-order valence-corrected chi connectivity index (χ3v) is 5.50. The number of amides is 1. The Hall–Kier alpha value is -2.83. The van der Waals surface area contributed by atoms with E-state index < -0.39 is 5.60 Å². The molecule has 2 aliphatic rings. The van der Waals surface area contributed by atoms with Crippen molar-refractivity contribution in [2.75, 3.05) is 18.8 Å². The van der Waals surface area contributed by atoms with Crippen LogP contribution >= 0.6 is 0 Å². The van der Waals surface area contributed by atoms with Crippen LogP contribution in [0.25, 0.3) is 11.3 Å². The molecule has 1 aromatic heterocycles. The number of nitrogens with zero attached hydrogens (tertiary/aromatic N) is 3. The van der Waals surface area contributed by atoms with Crippen molar-refractivity contribution in [3.05, 3.63) is 35.4 Å². The summed E-state index contributed by atoms with van der Waals surface area (Å²) < 4.78 is 11.8. The zero-order valence-electron chi connectivity index (χ0n) is 18.0. The van der Waals surface area contributed by atoms with Gasteiger partial charge in [-0.05, 0) is 45.6 Å². The van der Waals surface area contributed by atoms with Crippen molar-refractivity contribution < 1.29 is 14.3 Å². The maximum atomic E-state index is 12.3. The van der Waals surface area contributed by atoms with Crippen molar-refractivity contribution in [3.8, 4) is 17.1 Å². The number of ether oxygens (including phenoxy) is 2. The molecule has 1 amide bonds. The lowest BCUT2D eigenvalue weighted by Crippen LogP contribution is -2.44. The van der Waals surface area contributed by atoms with Crippen molar-refractivity contribution in [2.24, 2.45) is 0 Å². The maximum Gasteiger partial charge on any atom is 0.410 e. The summed E-state index contributed by atoms with van der Waals surface area (Å²) in [6.07, 6.45) is 4.06. The third-order valence-electron chi connectivity index (χ3n) is 5.50. The second-order valence-electron chi connectivity index (χ2n) is 9.01. The Morgan fingerprint density at radius 2 is 1.87 bits per heavy atom. The number of piperidine rings is 1. The van der Waals surface area contributed by atoms with Gasteiger partial charge in [0.25, 0.3) is 0 Å². The minimum absolute atomic E-state index is 0.0133. The molecule has 0 bridgehead atoms. The Labute approximate surface area is 177 Å². The van der Waals surface area contributed by atoms with Gasteiger partial charge in [0.05, 0.1) is 5.69 Å². The van der Waals surface area contributed by atoms with Gasteiger partial charge < -0.3 is 20.1 Å². The van der Waals surface area contributed by atoms with Gasteiger partial charge in [0, 0.05) is 37.1 Å². The van der Waals surface area contributed by atoms with E-state index in [4.69, 9.17) is 15.2 Å². The van der Waals surface area contributed by atoms with Crippen LogP contribution in [0.4, 0.5) is 10.7 Å². The molecule has 1 aliphatic heterocycles. The molecule has 0 radical (unpaired) electrons. The van der Waals surface area contributed by atoms with Gasteiger partial charge in [0.15, 0.2) is 0 Å². The molecule has 0 saturated carbocycles. The number of hydrogen-bond donors (Lipinski definition) is 1. The monoisotopic (exact) mass is 410 g/mol. The van der Waals surface area contributed by atoms with E-state index in [-0.39, 0.29) is 18.1 Å². The van der Waals surface area contributed by atoms with Crippen LogP contribution in [0, 0.1) is 0 Å². The topological polar surface area (TPSA) is 90.6 Å². The number of aryl methyl sites for hydroxylation is 1. The lowest BCUT2D eigenvalue weighted by atomic mass is 10.0. The molecule has 1 aromatic carbocycles. The molecular formula is C23H30N4O3. The molecule has 7 nitrogen and oxygen atoms in total. The van der Waals surface area contributed by atoms with E-state index in [1.54, 1.807) is 4.90 Å². The number of carbonyl (C=O) groups excluding carboxylic acids is 1. The number of anilines is 1. The second kappa shape index (κ2) is 8.13. The van der Waals surface area contributed by atoms with Crippen LogP contribution in [0.2, 0.25) is 0 Å². The van der Waals surface area contributed by atoms with E-state index in [2.05, 4.69) is 28.2 Å². The van der Waals surface area contributed by atoms with Crippen LogP contribution in [-0.2, 0) is 17.6 Å². The summed E-state index contributed by atoms with van der Waals surface area (Å²) >= 11 is 0. The molecule has 1 aliphatic carbocycles. The number of nitrogen functional groups attached to an aromatic ring is 1. The summed E-state index contributed by atoms with van der Waals surface area (Å²) in [6.45, 7) is 6.84. The fourth-order valence-corrected chi connectivity index (χ4v) is 4.09. The van der Waals surface area contributed by atoms with E-state index in [9.17, 15) is 4.79 Å².